The Bertz CT molecular complexity index is 374. The van der Waals surface area contributed by atoms with Crippen LogP contribution in [0.15, 0.2) is 17.6 Å². The van der Waals surface area contributed by atoms with Crippen molar-refractivity contribution in [2.24, 2.45) is 5.92 Å². The molecule has 6 nitrogen and oxygen atoms in total. The summed E-state index contributed by atoms with van der Waals surface area (Å²) in [6.45, 7) is 2.76. The van der Waals surface area contributed by atoms with Crippen LogP contribution in [0.1, 0.15) is 6.92 Å². The third-order valence-electron chi connectivity index (χ3n) is 1.84. The van der Waals surface area contributed by atoms with Gasteiger partial charge in [-0.2, -0.15) is 0 Å². The highest BCUT2D eigenvalue weighted by Gasteiger charge is 2.15. The lowest BCUT2D eigenvalue weighted by Gasteiger charge is -2.10. The van der Waals surface area contributed by atoms with E-state index in [2.05, 4.69) is 14.7 Å². The molecule has 1 aromatic heterocycles. The normalized spacial score (nSPS) is 14.0. The monoisotopic (exact) mass is 233 g/mol. The number of aromatic amines is 1. The number of methoxy groups -OCH3 is 1. The van der Waals surface area contributed by atoms with Crippen molar-refractivity contribution in [3.63, 3.8) is 0 Å². The number of imidazole rings is 1. The Kier molecular flexibility index (Phi) is 4.25. The number of hydrogen-bond donors (Lipinski definition) is 2. The molecule has 1 aromatic rings. The lowest BCUT2D eigenvalue weighted by atomic mass is 10.2. The van der Waals surface area contributed by atoms with E-state index in [4.69, 9.17) is 4.74 Å². The molecule has 0 aromatic carbocycles. The lowest BCUT2D eigenvalue weighted by molar-refractivity contribution is 0.161. The zero-order valence-electron chi connectivity index (χ0n) is 8.73. The lowest BCUT2D eigenvalue weighted by Crippen LogP contribution is -2.30. The smallest absolute Gasteiger partial charge is 0.257 e. The van der Waals surface area contributed by atoms with Crippen LogP contribution >= 0.6 is 0 Å². The van der Waals surface area contributed by atoms with Crippen LogP contribution in [0.4, 0.5) is 0 Å². The van der Waals surface area contributed by atoms with Gasteiger partial charge < -0.3 is 9.72 Å². The van der Waals surface area contributed by atoms with E-state index in [0.29, 0.717) is 13.2 Å². The predicted molar refractivity (Wildman–Crippen MR) is 54.8 cm³/mol. The maximum absolute atomic E-state index is 11.6. The molecule has 2 N–H and O–H groups in total. The summed E-state index contributed by atoms with van der Waals surface area (Å²) >= 11 is 0. The van der Waals surface area contributed by atoms with Crippen molar-refractivity contribution < 1.29 is 13.2 Å². The van der Waals surface area contributed by atoms with Gasteiger partial charge in [0.05, 0.1) is 12.5 Å². The first-order chi connectivity index (χ1) is 7.06. The summed E-state index contributed by atoms with van der Waals surface area (Å²) in [6.07, 6.45) is 2.59. The molecule has 0 saturated heterocycles. The van der Waals surface area contributed by atoms with Crippen molar-refractivity contribution in [3.05, 3.63) is 12.5 Å². The van der Waals surface area contributed by atoms with Crippen molar-refractivity contribution in [2.75, 3.05) is 20.3 Å². The van der Waals surface area contributed by atoms with Gasteiger partial charge in [-0.1, -0.05) is 6.92 Å². The minimum absolute atomic E-state index is 0.0760. The van der Waals surface area contributed by atoms with E-state index in [1.807, 2.05) is 6.92 Å². The van der Waals surface area contributed by atoms with Gasteiger partial charge >= 0.3 is 0 Å². The van der Waals surface area contributed by atoms with Crippen molar-refractivity contribution in [3.8, 4) is 0 Å². The second-order valence-electron chi connectivity index (χ2n) is 3.33. The first kappa shape index (κ1) is 12.2. The molecule has 0 aliphatic rings. The molecule has 0 saturated carbocycles. The summed E-state index contributed by atoms with van der Waals surface area (Å²) in [6, 6.07) is 0. The Labute approximate surface area is 89.1 Å². The molecule has 15 heavy (non-hydrogen) atoms. The van der Waals surface area contributed by atoms with E-state index in [1.165, 1.54) is 12.5 Å². The maximum atomic E-state index is 11.6. The molecule has 0 fully saturated rings. The number of rotatable bonds is 6. The molecule has 1 heterocycles. The van der Waals surface area contributed by atoms with Crippen molar-refractivity contribution in [1.82, 2.24) is 14.7 Å². The van der Waals surface area contributed by atoms with Crippen LogP contribution in [-0.4, -0.2) is 38.6 Å². The molecule has 86 valence electrons. The van der Waals surface area contributed by atoms with Gasteiger partial charge in [0.1, 0.15) is 0 Å². The number of sulfonamides is 1. The Morgan fingerprint density at radius 1 is 1.67 bits per heavy atom. The number of aromatic nitrogens is 2. The fourth-order valence-corrected chi connectivity index (χ4v) is 2.13. The molecule has 1 rings (SSSR count). The molecule has 0 spiro atoms. The number of nitrogens with one attached hydrogen (secondary N) is 2. The minimum Gasteiger partial charge on any atom is -0.384 e. The van der Waals surface area contributed by atoms with Crippen LogP contribution in [0, 0.1) is 5.92 Å². The molecule has 1 atom stereocenters. The number of nitrogens with zero attached hydrogens (tertiary/aromatic N) is 1. The highest BCUT2D eigenvalue weighted by Crippen LogP contribution is 2.03. The van der Waals surface area contributed by atoms with E-state index >= 15 is 0 Å². The average molecular weight is 233 g/mol. The summed E-state index contributed by atoms with van der Waals surface area (Å²) in [4.78, 5) is 6.19. The van der Waals surface area contributed by atoms with E-state index < -0.39 is 10.0 Å². The largest absolute Gasteiger partial charge is 0.384 e. The first-order valence-corrected chi connectivity index (χ1v) is 6.01. The third-order valence-corrected chi connectivity index (χ3v) is 3.18. The molecule has 0 aliphatic carbocycles. The fourth-order valence-electron chi connectivity index (χ4n) is 1.06. The van der Waals surface area contributed by atoms with Crippen LogP contribution in [0.5, 0.6) is 0 Å². The van der Waals surface area contributed by atoms with E-state index in [0.717, 1.165) is 0 Å². The molecular formula is C8H15N3O3S. The number of hydrogen-bond acceptors (Lipinski definition) is 4. The SMILES string of the molecule is COCC(C)CNS(=O)(=O)c1cnc[nH]1. The van der Waals surface area contributed by atoms with Gasteiger partial charge in [-0.15, -0.1) is 0 Å². The van der Waals surface area contributed by atoms with Gasteiger partial charge in [-0.05, 0) is 5.92 Å². The number of ether oxygens (including phenoxy) is 1. The topological polar surface area (TPSA) is 84.1 Å². The molecular weight excluding hydrogens is 218 g/mol. The first-order valence-electron chi connectivity index (χ1n) is 4.53. The van der Waals surface area contributed by atoms with Crippen LogP contribution in [0.3, 0.4) is 0 Å². The fraction of sp³-hybridized carbons (Fsp3) is 0.625. The Morgan fingerprint density at radius 2 is 2.40 bits per heavy atom. The quantitative estimate of drug-likeness (QED) is 0.722. The van der Waals surface area contributed by atoms with Crippen molar-refractivity contribution in [1.29, 1.82) is 0 Å². The van der Waals surface area contributed by atoms with Gasteiger partial charge in [0.2, 0.25) is 0 Å². The summed E-state index contributed by atoms with van der Waals surface area (Å²) < 4.78 is 30.5. The van der Waals surface area contributed by atoms with Gasteiger partial charge in [0, 0.05) is 20.3 Å². The molecule has 0 bridgehead atoms. The second kappa shape index (κ2) is 5.24. The van der Waals surface area contributed by atoms with Gasteiger partial charge in [0.25, 0.3) is 10.0 Å². The zero-order chi connectivity index (χ0) is 11.3. The number of H-pyrrole nitrogens is 1. The molecule has 1 unspecified atom stereocenters. The minimum atomic E-state index is -3.45. The highest BCUT2D eigenvalue weighted by molar-refractivity contribution is 7.89. The summed E-state index contributed by atoms with van der Waals surface area (Å²) in [7, 11) is -1.87. The zero-order valence-corrected chi connectivity index (χ0v) is 9.54. The van der Waals surface area contributed by atoms with Gasteiger partial charge in [-0.3, -0.25) is 0 Å². The summed E-state index contributed by atoms with van der Waals surface area (Å²) in [5, 5.41) is 0.0760. The van der Waals surface area contributed by atoms with Gasteiger partial charge in [-0.25, -0.2) is 18.1 Å². The summed E-state index contributed by atoms with van der Waals surface area (Å²) in [5.41, 5.74) is 0. The third kappa shape index (κ3) is 3.61. The Morgan fingerprint density at radius 3 is 2.93 bits per heavy atom. The van der Waals surface area contributed by atoms with Crippen LogP contribution < -0.4 is 4.72 Å². The van der Waals surface area contributed by atoms with Crippen LogP contribution in [0.2, 0.25) is 0 Å². The molecule has 0 radical (unpaired) electrons. The second-order valence-corrected chi connectivity index (χ2v) is 5.06. The molecule has 0 aliphatic heterocycles. The predicted octanol–water partition coefficient (Wildman–Crippen LogP) is -0.0295. The Hall–Kier alpha value is -0.920. The van der Waals surface area contributed by atoms with Crippen molar-refractivity contribution >= 4 is 10.0 Å². The average Bonchev–Trinajstić information content (AvgIpc) is 2.69. The highest BCUT2D eigenvalue weighted by atomic mass is 32.2. The van der Waals surface area contributed by atoms with Crippen molar-refractivity contribution in [2.45, 2.75) is 11.9 Å². The van der Waals surface area contributed by atoms with E-state index in [-0.39, 0.29) is 10.9 Å². The van der Waals surface area contributed by atoms with Gasteiger partial charge in [0.15, 0.2) is 5.03 Å². The van der Waals surface area contributed by atoms with Crippen LogP contribution in [0.25, 0.3) is 0 Å². The molecule has 7 heteroatoms. The van der Waals surface area contributed by atoms with E-state index in [9.17, 15) is 8.42 Å². The standard InChI is InChI=1S/C8H15N3O3S/c1-7(5-14-2)3-11-15(12,13)8-4-9-6-10-8/h4,6-7,11H,3,5H2,1-2H3,(H,9,10). The molecule has 0 amide bonds. The van der Waals surface area contributed by atoms with E-state index in [1.54, 1.807) is 7.11 Å². The maximum Gasteiger partial charge on any atom is 0.257 e. The van der Waals surface area contributed by atoms with Crippen LogP contribution in [-0.2, 0) is 14.8 Å². The summed E-state index contributed by atoms with van der Waals surface area (Å²) in [5.74, 6) is 0.132. The Balaban J connectivity index is 2.52.